The van der Waals surface area contributed by atoms with Crippen molar-refractivity contribution in [3.05, 3.63) is 35.4 Å². The van der Waals surface area contributed by atoms with Gasteiger partial charge in [-0.05, 0) is 31.8 Å². The first-order valence-corrected chi connectivity index (χ1v) is 7.60. The molecule has 5 nitrogen and oxygen atoms in total. The highest BCUT2D eigenvalue weighted by Gasteiger charge is 2.10. The maximum Gasteiger partial charge on any atom is 0.251 e. The number of hydrogen-bond acceptors (Lipinski definition) is 4. The van der Waals surface area contributed by atoms with E-state index in [1.54, 1.807) is 0 Å². The predicted molar refractivity (Wildman–Crippen MR) is 100.0 cm³/mol. The van der Waals surface area contributed by atoms with Gasteiger partial charge in [-0.1, -0.05) is 12.1 Å². The molecule has 132 valence electrons. The summed E-state index contributed by atoms with van der Waals surface area (Å²) in [6.07, 6.45) is 0. The zero-order valence-electron chi connectivity index (χ0n) is 13.9. The Kier molecular flexibility index (Phi) is 11.2. The fourth-order valence-electron chi connectivity index (χ4n) is 2.54. The summed E-state index contributed by atoms with van der Waals surface area (Å²) in [5, 5.41) is 6.34. The van der Waals surface area contributed by atoms with Gasteiger partial charge >= 0.3 is 0 Å². The third-order valence-electron chi connectivity index (χ3n) is 3.61. The topological polar surface area (TPSA) is 47.6 Å². The first kappa shape index (κ1) is 22.1. The standard InChI is InChI=1S/C16H26N4O.2ClH/c1-19(2)13-14-4-3-5-15(12-14)16(21)18-8-11-20-9-6-17-7-10-20;;/h3-5,12,17H,6-11,13H2,1-2H3,(H,18,21);2*1H. The summed E-state index contributed by atoms with van der Waals surface area (Å²) >= 11 is 0. The second-order valence-corrected chi connectivity index (χ2v) is 5.79. The number of nitrogens with zero attached hydrogens (tertiary/aromatic N) is 2. The summed E-state index contributed by atoms with van der Waals surface area (Å²) in [5.74, 6) is 0.0192. The van der Waals surface area contributed by atoms with Crippen LogP contribution in [0, 0.1) is 0 Å². The fourth-order valence-corrected chi connectivity index (χ4v) is 2.54. The lowest BCUT2D eigenvalue weighted by Gasteiger charge is -2.27. The Balaban J connectivity index is 0.00000242. The van der Waals surface area contributed by atoms with Crippen LogP contribution in [-0.2, 0) is 6.54 Å². The largest absolute Gasteiger partial charge is 0.351 e. The lowest BCUT2D eigenvalue weighted by atomic mass is 10.1. The maximum absolute atomic E-state index is 12.2. The summed E-state index contributed by atoms with van der Waals surface area (Å²) in [6, 6.07) is 7.85. The van der Waals surface area contributed by atoms with E-state index < -0.39 is 0 Å². The molecule has 0 radical (unpaired) electrons. The van der Waals surface area contributed by atoms with Crippen molar-refractivity contribution >= 4 is 30.7 Å². The Morgan fingerprint density at radius 2 is 1.96 bits per heavy atom. The van der Waals surface area contributed by atoms with Gasteiger partial charge in [-0.3, -0.25) is 9.69 Å². The Labute approximate surface area is 151 Å². The van der Waals surface area contributed by atoms with Crippen molar-refractivity contribution in [3.8, 4) is 0 Å². The lowest BCUT2D eigenvalue weighted by Crippen LogP contribution is -2.46. The van der Waals surface area contributed by atoms with Crippen molar-refractivity contribution in [1.29, 1.82) is 0 Å². The zero-order chi connectivity index (χ0) is 15.1. The molecule has 0 aromatic heterocycles. The second kappa shape index (κ2) is 11.6. The molecule has 0 bridgehead atoms. The number of amides is 1. The minimum absolute atomic E-state index is 0. The third kappa shape index (κ3) is 7.99. The molecule has 0 atom stereocenters. The fraction of sp³-hybridized carbons (Fsp3) is 0.562. The number of nitrogens with one attached hydrogen (secondary N) is 2. The average molecular weight is 363 g/mol. The van der Waals surface area contributed by atoms with Gasteiger partial charge < -0.3 is 15.5 Å². The normalized spacial score (nSPS) is 14.7. The molecule has 1 amide bonds. The maximum atomic E-state index is 12.2. The van der Waals surface area contributed by atoms with Gasteiger partial charge in [0.15, 0.2) is 0 Å². The molecule has 1 fully saturated rings. The molecule has 1 aromatic rings. The molecule has 2 rings (SSSR count). The van der Waals surface area contributed by atoms with E-state index in [1.807, 2.05) is 32.3 Å². The van der Waals surface area contributed by atoms with E-state index in [4.69, 9.17) is 0 Å². The Hall–Kier alpha value is -0.850. The van der Waals surface area contributed by atoms with Crippen LogP contribution in [0.5, 0.6) is 0 Å². The van der Waals surface area contributed by atoms with E-state index in [9.17, 15) is 4.79 Å². The lowest BCUT2D eigenvalue weighted by molar-refractivity contribution is 0.0947. The zero-order valence-corrected chi connectivity index (χ0v) is 15.5. The van der Waals surface area contributed by atoms with E-state index in [-0.39, 0.29) is 30.7 Å². The van der Waals surface area contributed by atoms with Crippen LogP contribution in [0.15, 0.2) is 24.3 Å². The molecule has 1 heterocycles. The van der Waals surface area contributed by atoms with Crippen molar-refractivity contribution < 1.29 is 4.79 Å². The van der Waals surface area contributed by atoms with Gasteiger partial charge in [0, 0.05) is 51.4 Å². The molecule has 1 saturated heterocycles. The highest BCUT2D eigenvalue weighted by atomic mass is 35.5. The number of carbonyl (C=O) groups is 1. The Morgan fingerprint density at radius 3 is 2.61 bits per heavy atom. The van der Waals surface area contributed by atoms with E-state index >= 15 is 0 Å². The molecule has 2 N–H and O–H groups in total. The minimum atomic E-state index is 0. The quantitative estimate of drug-likeness (QED) is 0.798. The van der Waals surface area contributed by atoms with Gasteiger partial charge in [-0.2, -0.15) is 0 Å². The Bertz CT molecular complexity index is 465. The number of halogens is 2. The molecule has 1 aliphatic rings. The minimum Gasteiger partial charge on any atom is -0.351 e. The van der Waals surface area contributed by atoms with Crippen molar-refractivity contribution in [3.63, 3.8) is 0 Å². The van der Waals surface area contributed by atoms with Crippen LogP contribution < -0.4 is 10.6 Å². The molecule has 7 heteroatoms. The Morgan fingerprint density at radius 1 is 1.26 bits per heavy atom. The summed E-state index contributed by atoms with van der Waals surface area (Å²) in [6.45, 7) is 6.69. The number of benzene rings is 1. The molecular weight excluding hydrogens is 335 g/mol. The predicted octanol–water partition coefficient (Wildman–Crippen LogP) is 1.23. The van der Waals surface area contributed by atoms with E-state index in [0.717, 1.165) is 50.4 Å². The van der Waals surface area contributed by atoms with Crippen molar-refractivity contribution in [2.45, 2.75) is 6.54 Å². The smallest absolute Gasteiger partial charge is 0.251 e. The van der Waals surface area contributed by atoms with Crippen LogP contribution >= 0.6 is 24.8 Å². The number of hydrogen-bond donors (Lipinski definition) is 2. The molecule has 0 saturated carbocycles. The van der Waals surface area contributed by atoms with Crippen LogP contribution in [0.1, 0.15) is 15.9 Å². The first-order valence-electron chi connectivity index (χ1n) is 7.60. The van der Waals surface area contributed by atoms with Crippen molar-refractivity contribution in [2.75, 3.05) is 53.4 Å². The van der Waals surface area contributed by atoms with Crippen LogP contribution in [0.3, 0.4) is 0 Å². The van der Waals surface area contributed by atoms with Crippen molar-refractivity contribution in [1.82, 2.24) is 20.4 Å². The van der Waals surface area contributed by atoms with Gasteiger partial charge in [-0.15, -0.1) is 24.8 Å². The van der Waals surface area contributed by atoms with Gasteiger partial charge in [0.05, 0.1) is 0 Å². The van der Waals surface area contributed by atoms with Crippen molar-refractivity contribution in [2.24, 2.45) is 0 Å². The molecule has 0 unspecified atom stereocenters. The molecule has 23 heavy (non-hydrogen) atoms. The first-order chi connectivity index (χ1) is 10.1. The van der Waals surface area contributed by atoms with Gasteiger partial charge in [0.25, 0.3) is 5.91 Å². The average Bonchev–Trinajstić information content (AvgIpc) is 2.48. The van der Waals surface area contributed by atoms with Crippen LogP contribution in [0.2, 0.25) is 0 Å². The number of rotatable bonds is 6. The van der Waals surface area contributed by atoms with Crippen LogP contribution in [-0.4, -0.2) is 69.1 Å². The second-order valence-electron chi connectivity index (χ2n) is 5.79. The van der Waals surface area contributed by atoms with E-state index in [2.05, 4.69) is 26.5 Å². The van der Waals surface area contributed by atoms with Crippen LogP contribution in [0.25, 0.3) is 0 Å². The van der Waals surface area contributed by atoms with Crippen LogP contribution in [0.4, 0.5) is 0 Å². The SMILES string of the molecule is CN(C)Cc1cccc(C(=O)NCCN2CCNCC2)c1.Cl.Cl. The molecule has 1 aromatic carbocycles. The summed E-state index contributed by atoms with van der Waals surface area (Å²) in [5.41, 5.74) is 1.91. The molecular formula is C16H28Cl2N4O. The van der Waals surface area contributed by atoms with E-state index in [1.165, 1.54) is 0 Å². The van der Waals surface area contributed by atoms with Gasteiger partial charge in [0.2, 0.25) is 0 Å². The molecule has 1 aliphatic heterocycles. The number of carbonyl (C=O) groups excluding carboxylic acids is 1. The van der Waals surface area contributed by atoms with Gasteiger partial charge in [-0.25, -0.2) is 0 Å². The van der Waals surface area contributed by atoms with E-state index in [0.29, 0.717) is 6.54 Å². The third-order valence-corrected chi connectivity index (χ3v) is 3.61. The highest BCUT2D eigenvalue weighted by molar-refractivity contribution is 5.94. The molecule has 0 aliphatic carbocycles. The summed E-state index contributed by atoms with van der Waals surface area (Å²) in [4.78, 5) is 16.6. The summed E-state index contributed by atoms with van der Waals surface area (Å²) in [7, 11) is 4.06. The summed E-state index contributed by atoms with van der Waals surface area (Å²) < 4.78 is 0. The van der Waals surface area contributed by atoms with Gasteiger partial charge in [0.1, 0.15) is 0 Å². The number of piperazine rings is 1. The molecule has 0 spiro atoms. The monoisotopic (exact) mass is 362 g/mol. The highest BCUT2D eigenvalue weighted by Crippen LogP contribution is 2.07.